The fraction of sp³-hybridized carbons (Fsp3) is 0.625. The van der Waals surface area contributed by atoms with Crippen LogP contribution in [0.25, 0.3) is 0 Å². The molecule has 0 bridgehead atoms. The maximum Gasteiger partial charge on any atom is 0.529 e. The Labute approximate surface area is 133 Å². The number of phosphoric ester groups is 1. The van der Waals surface area contributed by atoms with E-state index < -0.39 is 7.82 Å². The molecule has 0 aliphatic rings. The molecule has 0 aromatic heterocycles. The molecule has 126 valence electrons. The smallest absolute Gasteiger partial charge is 0.507 e. The lowest BCUT2D eigenvalue weighted by atomic mass is 9.79. The summed E-state index contributed by atoms with van der Waals surface area (Å²) in [6.45, 7) is 11.9. The predicted octanol–water partition coefficient (Wildman–Crippen LogP) is 4.77. The van der Waals surface area contributed by atoms with E-state index in [2.05, 4.69) is 0 Å². The molecule has 0 aliphatic carbocycles. The van der Waals surface area contributed by atoms with Gasteiger partial charge in [0, 0.05) is 25.3 Å². The molecule has 5 nitrogen and oxygen atoms in total. The highest BCUT2D eigenvalue weighted by atomic mass is 31.2. The average molecular weight is 330 g/mol. The zero-order chi connectivity index (χ0) is 17.3. The van der Waals surface area contributed by atoms with E-state index in [1.165, 1.54) is 14.2 Å². The van der Waals surface area contributed by atoms with Crippen molar-refractivity contribution >= 4 is 7.82 Å². The van der Waals surface area contributed by atoms with Crippen LogP contribution in [0.3, 0.4) is 0 Å². The molecule has 0 fully saturated rings. The molecule has 0 atom stereocenters. The van der Waals surface area contributed by atoms with Crippen molar-refractivity contribution in [3.05, 3.63) is 23.3 Å². The van der Waals surface area contributed by atoms with Crippen molar-refractivity contribution < 1.29 is 23.2 Å². The highest BCUT2D eigenvalue weighted by Crippen LogP contribution is 2.50. The lowest BCUT2D eigenvalue weighted by Gasteiger charge is -2.28. The summed E-state index contributed by atoms with van der Waals surface area (Å²) in [5.41, 5.74) is 0.837. The summed E-state index contributed by atoms with van der Waals surface area (Å²) >= 11 is 0. The number of benzene rings is 1. The molecule has 1 rings (SSSR count). The number of phenolic OH excluding ortho intramolecular Hbond substituents is 1. The van der Waals surface area contributed by atoms with Crippen molar-refractivity contribution in [3.8, 4) is 11.5 Å². The van der Waals surface area contributed by atoms with Gasteiger partial charge in [-0.25, -0.2) is 4.57 Å². The van der Waals surface area contributed by atoms with Crippen LogP contribution in [-0.2, 0) is 24.4 Å². The van der Waals surface area contributed by atoms with Crippen LogP contribution in [0, 0.1) is 0 Å². The summed E-state index contributed by atoms with van der Waals surface area (Å²) in [7, 11) is -1.12. The largest absolute Gasteiger partial charge is 0.529 e. The first-order chi connectivity index (χ1) is 9.84. The number of phosphoric acid groups is 1. The molecule has 0 amide bonds. The van der Waals surface area contributed by atoms with Crippen molar-refractivity contribution in [2.24, 2.45) is 0 Å². The Kier molecular flexibility index (Phi) is 5.38. The maximum atomic E-state index is 12.2. The van der Waals surface area contributed by atoms with Gasteiger partial charge in [0.05, 0.1) is 0 Å². The molecule has 1 aromatic carbocycles. The fourth-order valence-corrected chi connectivity index (χ4v) is 2.74. The van der Waals surface area contributed by atoms with E-state index in [4.69, 9.17) is 13.6 Å². The normalized spacial score (nSPS) is 13.3. The maximum absolute atomic E-state index is 12.2. The van der Waals surface area contributed by atoms with E-state index in [0.717, 1.165) is 0 Å². The van der Waals surface area contributed by atoms with Crippen LogP contribution in [0.2, 0.25) is 0 Å². The van der Waals surface area contributed by atoms with Crippen molar-refractivity contribution in [1.29, 1.82) is 0 Å². The van der Waals surface area contributed by atoms with E-state index in [1.807, 2.05) is 41.5 Å². The number of aromatic hydroxyl groups is 1. The van der Waals surface area contributed by atoms with Gasteiger partial charge in [-0.15, -0.1) is 0 Å². The molecule has 1 N–H and O–H groups in total. The van der Waals surface area contributed by atoms with Gasteiger partial charge >= 0.3 is 7.82 Å². The zero-order valence-corrected chi connectivity index (χ0v) is 15.6. The van der Waals surface area contributed by atoms with Gasteiger partial charge in [0.2, 0.25) is 0 Å². The third-order valence-corrected chi connectivity index (χ3v) is 4.69. The zero-order valence-electron chi connectivity index (χ0n) is 14.7. The van der Waals surface area contributed by atoms with Gasteiger partial charge in [-0.1, -0.05) is 41.5 Å². The van der Waals surface area contributed by atoms with Crippen molar-refractivity contribution in [3.63, 3.8) is 0 Å². The Morgan fingerprint density at radius 1 is 0.909 bits per heavy atom. The molecule has 0 aliphatic heterocycles. The Bertz CT molecular complexity index is 538. The molecule has 0 spiro atoms. The second kappa shape index (κ2) is 6.23. The molecule has 0 saturated heterocycles. The number of rotatable bonds is 4. The summed E-state index contributed by atoms with van der Waals surface area (Å²) in [5.74, 6) is 0.580. The lowest BCUT2D eigenvalue weighted by molar-refractivity contribution is 0.210. The Hall–Kier alpha value is -1.03. The molecule has 22 heavy (non-hydrogen) atoms. The van der Waals surface area contributed by atoms with Crippen LogP contribution in [0.15, 0.2) is 12.1 Å². The molecule has 0 heterocycles. The number of hydrogen-bond acceptors (Lipinski definition) is 5. The van der Waals surface area contributed by atoms with Crippen LogP contribution in [0.5, 0.6) is 11.5 Å². The summed E-state index contributed by atoms with van der Waals surface area (Å²) in [6.07, 6.45) is 0. The van der Waals surface area contributed by atoms with Crippen LogP contribution in [0.4, 0.5) is 0 Å². The van der Waals surface area contributed by atoms with Gasteiger partial charge in [-0.05, 0) is 23.0 Å². The second-order valence-electron chi connectivity index (χ2n) is 7.27. The summed E-state index contributed by atoms with van der Waals surface area (Å²) in [5, 5.41) is 10.6. The number of hydrogen-bond donors (Lipinski definition) is 1. The van der Waals surface area contributed by atoms with Gasteiger partial charge in [0.15, 0.2) is 0 Å². The standard InChI is InChI=1S/C16H27O5P/c1-15(2,3)12-9-11(21-22(18,19-7)20-8)10-13(14(12)17)16(4,5)6/h9-10,17H,1-8H3. The minimum atomic E-state index is -3.64. The minimum Gasteiger partial charge on any atom is -0.507 e. The van der Waals surface area contributed by atoms with Gasteiger partial charge in [0.25, 0.3) is 0 Å². The van der Waals surface area contributed by atoms with Crippen LogP contribution in [-0.4, -0.2) is 19.3 Å². The van der Waals surface area contributed by atoms with Crippen LogP contribution in [0.1, 0.15) is 52.7 Å². The minimum absolute atomic E-state index is 0.233. The van der Waals surface area contributed by atoms with Gasteiger partial charge in [-0.3, -0.25) is 9.05 Å². The van der Waals surface area contributed by atoms with E-state index in [1.54, 1.807) is 12.1 Å². The average Bonchev–Trinajstić information content (AvgIpc) is 2.37. The number of phenols is 1. The molecule has 6 heteroatoms. The fourth-order valence-electron chi connectivity index (χ4n) is 2.08. The molecule has 1 aromatic rings. The van der Waals surface area contributed by atoms with Crippen molar-refractivity contribution in [2.45, 2.75) is 52.4 Å². The SMILES string of the molecule is COP(=O)(OC)Oc1cc(C(C)(C)C)c(O)c(C(C)(C)C)c1. The highest BCUT2D eigenvalue weighted by Gasteiger charge is 2.30. The molecular weight excluding hydrogens is 303 g/mol. The van der Waals surface area contributed by atoms with Crippen LogP contribution >= 0.6 is 7.82 Å². The van der Waals surface area contributed by atoms with E-state index in [0.29, 0.717) is 16.9 Å². The summed E-state index contributed by atoms with van der Waals surface area (Å²) < 4.78 is 27.3. The van der Waals surface area contributed by atoms with Gasteiger partial charge in [-0.2, -0.15) is 0 Å². The third-order valence-electron chi connectivity index (χ3n) is 3.36. The van der Waals surface area contributed by atoms with E-state index >= 15 is 0 Å². The Balaban J connectivity index is 3.52. The molecule has 0 radical (unpaired) electrons. The summed E-state index contributed by atoms with van der Waals surface area (Å²) in [4.78, 5) is 0. The molecule has 0 unspecified atom stereocenters. The lowest BCUT2D eigenvalue weighted by Crippen LogP contribution is -2.17. The monoisotopic (exact) mass is 330 g/mol. The van der Waals surface area contributed by atoms with Gasteiger partial charge < -0.3 is 9.63 Å². The summed E-state index contributed by atoms with van der Waals surface area (Å²) in [6, 6.07) is 3.35. The molecule has 0 saturated carbocycles. The predicted molar refractivity (Wildman–Crippen MR) is 87.8 cm³/mol. The first-order valence-corrected chi connectivity index (χ1v) is 8.59. The van der Waals surface area contributed by atoms with Crippen molar-refractivity contribution in [1.82, 2.24) is 0 Å². The third kappa shape index (κ3) is 4.25. The molecular formula is C16H27O5P. The van der Waals surface area contributed by atoms with E-state index in [9.17, 15) is 9.67 Å². The highest BCUT2D eigenvalue weighted by molar-refractivity contribution is 7.48. The Morgan fingerprint density at radius 3 is 1.55 bits per heavy atom. The van der Waals surface area contributed by atoms with Gasteiger partial charge in [0.1, 0.15) is 11.5 Å². The van der Waals surface area contributed by atoms with E-state index in [-0.39, 0.29) is 16.6 Å². The topological polar surface area (TPSA) is 65.0 Å². The first-order valence-electron chi connectivity index (χ1n) is 7.13. The van der Waals surface area contributed by atoms with Crippen molar-refractivity contribution in [2.75, 3.05) is 14.2 Å². The van der Waals surface area contributed by atoms with Crippen LogP contribution < -0.4 is 4.52 Å². The Morgan fingerprint density at radius 2 is 1.27 bits per heavy atom. The quantitative estimate of drug-likeness (QED) is 0.806. The first kappa shape index (κ1) is 19.0. The second-order valence-corrected chi connectivity index (χ2v) is 9.08.